The number of hydrogen-bond donors (Lipinski definition) is 2. The van der Waals surface area contributed by atoms with E-state index in [2.05, 4.69) is 20.7 Å². The van der Waals surface area contributed by atoms with Crippen molar-refractivity contribution in [2.75, 3.05) is 6.61 Å². The van der Waals surface area contributed by atoms with Crippen molar-refractivity contribution in [3.63, 3.8) is 0 Å². The summed E-state index contributed by atoms with van der Waals surface area (Å²) in [5.41, 5.74) is 0. The summed E-state index contributed by atoms with van der Waals surface area (Å²) in [6.07, 6.45) is 4.67. The van der Waals surface area contributed by atoms with Crippen molar-refractivity contribution in [2.45, 2.75) is 43.0 Å². The minimum atomic E-state index is -3.68. The fourth-order valence-electron chi connectivity index (χ4n) is 2.71. The molecule has 1 aliphatic carbocycles. The Morgan fingerprint density at radius 1 is 1.29 bits per heavy atom. The molecule has 1 aromatic rings. The van der Waals surface area contributed by atoms with Crippen molar-refractivity contribution < 1.29 is 13.5 Å². The van der Waals surface area contributed by atoms with Crippen LogP contribution in [0.4, 0.5) is 0 Å². The average Bonchev–Trinajstić information content (AvgIpc) is 2.62. The monoisotopic (exact) mass is 395 g/mol. The van der Waals surface area contributed by atoms with Crippen LogP contribution in [0.25, 0.3) is 0 Å². The van der Waals surface area contributed by atoms with Gasteiger partial charge in [0.2, 0.25) is 10.0 Å². The molecule has 0 saturated heterocycles. The van der Waals surface area contributed by atoms with Crippen LogP contribution in [0.1, 0.15) is 32.1 Å². The molecule has 0 spiro atoms. The van der Waals surface area contributed by atoms with Crippen molar-refractivity contribution in [3.8, 4) is 0 Å². The normalized spacial score (nSPS) is 23.8. The van der Waals surface area contributed by atoms with E-state index >= 15 is 0 Å². The zero-order valence-corrected chi connectivity index (χ0v) is 14.7. The van der Waals surface area contributed by atoms with Gasteiger partial charge in [0.25, 0.3) is 0 Å². The highest BCUT2D eigenvalue weighted by atomic mass is 79.9. The summed E-state index contributed by atoms with van der Waals surface area (Å²) in [7, 11) is -3.68. The highest BCUT2D eigenvalue weighted by molar-refractivity contribution is 9.10. The molecule has 1 fully saturated rings. The highest BCUT2D eigenvalue weighted by Crippen LogP contribution is 2.28. The van der Waals surface area contributed by atoms with E-state index in [0.717, 1.165) is 36.6 Å². The van der Waals surface area contributed by atoms with Crippen LogP contribution >= 0.6 is 27.5 Å². The van der Waals surface area contributed by atoms with E-state index in [1.54, 1.807) is 12.1 Å². The Hall–Kier alpha value is -0.140. The maximum Gasteiger partial charge on any atom is 0.242 e. The lowest BCUT2D eigenvalue weighted by atomic mass is 9.97. The minimum Gasteiger partial charge on any atom is -0.396 e. The summed E-state index contributed by atoms with van der Waals surface area (Å²) in [5.74, 6) is -0.0310. The zero-order chi connectivity index (χ0) is 15.5. The van der Waals surface area contributed by atoms with Crippen LogP contribution in [0, 0.1) is 5.92 Å². The molecule has 0 radical (unpaired) electrons. The first kappa shape index (κ1) is 17.2. The Morgan fingerprint density at radius 3 is 2.67 bits per heavy atom. The smallest absolute Gasteiger partial charge is 0.242 e. The van der Waals surface area contributed by atoms with Gasteiger partial charge in [0.05, 0.1) is 5.02 Å². The molecule has 2 atom stereocenters. The maximum absolute atomic E-state index is 12.5. The number of aliphatic hydroxyl groups is 1. The fourth-order valence-corrected chi connectivity index (χ4v) is 5.09. The fraction of sp³-hybridized carbons (Fsp3) is 0.571. The quantitative estimate of drug-likeness (QED) is 0.767. The minimum absolute atomic E-state index is 0.00125. The molecule has 4 nitrogen and oxygen atoms in total. The third-order valence-electron chi connectivity index (χ3n) is 3.88. The molecule has 118 valence electrons. The van der Waals surface area contributed by atoms with Crippen molar-refractivity contribution in [1.29, 1.82) is 0 Å². The second kappa shape index (κ2) is 7.42. The Bertz CT molecular complexity index is 594. The van der Waals surface area contributed by atoms with Crippen molar-refractivity contribution >= 4 is 37.6 Å². The van der Waals surface area contributed by atoms with Crippen LogP contribution in [0.3, 0.4) is 0 Å². The Kier molecular flexibility index (Phi) is 6.08. The van der Waals surface area contributed by atoms with Crippen LogP contribution < -0.4 is 4.72 Å². The van der Waals surface area contributed by atoms with Gasteiger partial charge in [-0.25, -0.2) is 13.1 Å². The first-order valence-electron chi connectivity index (χ1n) is 7.02. The summed E-state index contributed by atoms with van der Waals surface area (Å²) >= 11 is 9.30. The Balaban J connectivity index is 2.23. The average molecular weight is 397 g/mol. The zero-order valence-electron chi connectivity index (χ0n) is 11.6. The first-order chi connectivity index (χ1) is 9.94. The van der Waals surface area contributed by atoms with E-state index in [0.29, 0.717) is 0 Å². The third kappa shape index (κ3) is 4.42. The summed E-state index contributed by atoms with van der Waals surface area (Å²) in [6, 6.07) is 4.46. The molecule has 0 aromatic heterocycles. The van der Waals surface area contributed by atoms with Gasteiger partial charge in [0.1, 0.15) is 4.90 Å². The number of aliphatic hydroxyl groups excluding tert-OH is 1. The Morgan fingerprint density at radius 2 is 2.00 bits per heavy atom. The molecule has 2 N–H and O–H groups in total. The van der Waals surface area contributed by atoms with Crippen LogP contribution in [0.2, 0.25) is 5.02 Å². The standard InChI is InChI=1S/C14H19BrClNO3S/c15-11-6-7-14(12(16)8-11)21(19,20)17-13-5-3-1-2-4-10(13)9-18/h6-8,10,13,17-18H,1-5,9H2/t10-,13-/m1/s1. The molecule has 1 aliphatic rings. The van der Waals surface area contributed by atoms with E-state index < -0.39 is 10.0 Å². The molecular weight excluding hydrogens is 378 g/mol. The molecule has 1 saturated carbocycles. The van der Waals surface area contributed by atoms with Gasteiger partial charge in [0.15, 0.2) is 0 Å². The van der Waals surface area contributed by atoms with Crippen LogP contribution in [0.15, 0.2) is 27.6 Å². The number of hydrogen-bond acceptors (Lipinski definition) is 3. The molecule has 0 bridgehead atoms. The van der Waals surface area contributed by atoms with Gasteiger partial charge in [-0.2, -0.15) is 0 Å². The highest BCUT2D eigenvalue weighted by Gasteiger charge is 2.29. The SMILES string of the molecule is O=S(=O)(N[C@@H]1CCCCC[C@@H]1CO)c1ccc(Br)cc1Cl. The topological polar surface area (TPSA) is 66.4 Å². The molecule has 0 aliphatic heterocycles. The van der Waals surface area contributed by atoms with E-state index in [4.69, 9.17) is 11.6 Å². The second-order valence-corrected chi connectivity index (χ2v) is 8.39. The maximum atomic E-state index is 12.5. The molecule has 1 aromatic carbocycles. The van der Waals surface area contributed by atoms with Crippen LogP contribution in [0.5, 0.6) is 0 Å². The van der Waals surface area contributed by atoms with Gasteiger partial charge in [-0.3, -0.25) is 0 Å². The Labute approximate surface area is 139 Å². The van der Waals surface area contributed by atoms with Crippen LogP contribution in [-0.2, 0) is 10.0 Å². The lowest BCUT2D eigenvalue weighted by molar-refractivity contribution is 0.191. The number of nitrogens with one attached hydrogen (secondary N) is 1. The molecular formula is C14H19BrClNO3S. The summed E-state index contributed by atoms with van der Waals surface area (Å²) in [6.45, 7) is 0.00125. The molecule has 0 heterocycles. The van der Waals surface area contributed by atoms with E-state index in [1.807, 2.05) is 0 Å². The first-order valence-corrected chi connectivity index (χ1v) is 9.67. The number of rotatable bonds is 4. The van der Waals surface area contributed by atoms with E-state index in [-0.39, 0.29) is 28.5 Å². The molecule has 21 heavy (non-hydrogen) atoms. The van der Waals surface area contributed by atoms with E-state index in [1.165, 1.54) is 6.07 Å². The molecule has 0 amide bonds. The van der Waals surface area contributed by atoms with Crippen molar-refractivity contribution in [1.82, 2.24) is 4.72 Å². The number of sulfonamides is 1. The van der Waals surface area contributed by atoms with Crippen LogP contribution in [-0.4, -0.2) is 26.2 Å². The van der Waals surface area contributed by atoms with E-state index in [9.17, 15) is 13.5 Å². The molecule has 2 rings (SSSR count). The summed E-state index contributed by atoms with van der Waals surface area (Å²) in [5, 5.41) is 9.66. The van der Waals surface area contributed by atoms with Gasteiger partial charge in [0, 0.05) is 17.1 Å². The van der Waals surface area contributed by atoms with Gasteiger partial charge >= 0.3 is 0 Å². The third-order valence-corrected chi connectivity index (χ3v) is 6.35. The predicted molar refractivity (Wildman–Crippen MR) is 86.9 cm³/mol. The summed E-state index contributed by atoms with van der Waals surface area (Å²) in [4.78, 5) is 0.0771. The van der Waals surface area contributed by atoms with Gasteiger partial charge in [-0.05, 0) is 37.0 Å². The lowest BCUT2D eigenvalue weighted by Crippen LogP contribution is -2.41. The molecule has 7 heteroatoms. The predicted octanol–water partition coefficient (Wildman–Crippen LogP) is 3.32. The van der Waals surface area contributed by atoms with Gasteiger partial charge in [-0.15, -0.1) is 0 Å². The number of halogens is 2. The van der Waals surface area contributed by atoms with Crippen molar-refractivity contribution in [3.05, 3.63) is 27.7 Å². The summed E-state index contributed by atoms with van der Waals surface area (Å²) < 4.78 is 28.5. The van der Waals surface area contributed by atoms with Crippen molar-refractivity contribution in [2.24, 2.45) is 5.92 Å². The molecule has 0 unspecified atom stereocenters. The second-order valence-electron chi connectivity index (χ2n) is 5.38. The lowest BCUT2D eigenvalue weighted by Gasteiger charge is -2.24. The number of benzene rings is 1. The van der Waals surface area contributed by atoms with Gasteiger partial charge < -0.3 is 5.11 Å². The van der Waals surface area contributed by atoms with Gasteiger partial charge in [-0.1, -0.05) is 46.8 Å². The largest absolute Gasteiger partial charge is 0.396 e.